The summed E-state index contributed by atoms with van der Waals surface area (Å²) in [6.07, 6.45) is 1.76. The van der Waals surface area contributed by atoms with Crippen LogP contribution in [0.5, 0.6) is 5.75 Å². The number of benzene rings is 2. The van der Waals surface area contributed by atoms with Gasteiger partial charge in [-0.2, -0.15) is 0 Å². The van der Waals surface area contributed by atoms with E-state index in [1.807, 2.05) is 29.2 Å². The first-order chi connectivity index (χ1) is 13.5. The van der Waals surface area contributed by atoms with E-state index in [-0.39, 0.29) is 11.7 Å². The Bertz CT molecular complexity index is 877. The molecule has 6 heteroatoms. The van der Waals surface area contributed by atoms with E-state index < -0.39 is 5.41 Å². The van der Waals surface area contributed by atoms with Crippen molar-refractivity contribution < 1.29 is 13.9 Å². The highest BCUT2D eigenvalue weighted by Crippen LogP contribution is 2.50. The summed E-state index contributed by atoms with van der Waals surface area (Å²) in [6, 6.07) is 12.3. The van der Waals surface area contributed by atoms with Gasteiger partial charge in [0.05, 0.1) is 12.5 Å². The van der Waals surface area contributed by atoms with E-state index in [1.165, 1.54) is 12.1 Å². The molecule has 2 aliphatic rings. The Kier molecular flexibility index (Phi) is 5.30. The van der Waals surface area contributed by atoms with Crippen molar-refractivity contribution in [2.75, 3.05) is 33.3 Å². The average Bonchev–Trinajstić information content (AvgIpc) is 3.50. The molecule has 0 aromatic heterocycles. The molecule has 0 atom stereocenters. The van der Waals surface area contributed by atoms with Gasteiger partial charge in [-0.3, -0.25) is 9.69 Å². The predicted octanol–water partition coefficient (Wildman–Crippen LogP) is 3.86. The predicted molar refractivity (Wildman–Crippen MR) is 107 cm³/mol. The molecule has 4 rings (SSSR count). The fraction of sp³-hybridized carbons (Fsp3) is 0.409. The van der Waals surface area contributed by atoms with Crippen molar-refractivity contribution in [3.8, 4) is 5.75 Å². The van der Waals surface area contributed by atoms with E-state index in [9.17, 15) is 9.18 Å². The molecule has 1 amide bonds. The van der Waals surface area contributed by atoms with Crippen molar-refractivity contribution in [3.63, 3.8) is 0 Å². The maximum Gasteiger partial charge on any atom is 0.233 e. The molecule has 1 saturated carbocycles. The molecule has 2 aromatic rings. The Morgan fingerprint density at radius 1 is 1.14 bits per heavy atom. The molecule has 1 saturated heterocycles. The summed E-state index contributed by atoms with van der Waals surface area (Å²) in [6.45, 7) is 3.49. The van der Waals surface area contributed by atoms with Gasteiger partial charge in [-0.15, -0.1) is 0 Å². The summed E-state index contributed by atoms with van der Waals surface area (Å²) in [5.74, 6) is 0.636. The lowest BCUT2D eigenvalue weighted by Crippen LogP contribution is -2.51. The van der Waals surface area contributed by atoms with Crippen molar-refractivity contribution in [3.05, 3.63) is 64.4 Å². The normalized spacial score (nSPS) is 18.8. The third-order valence-electron chi connectivity index (χ3n) is 5.83. The molecule has 1 heterocycles. The Labute approximate surface area is 169 Å². The number of piperazine rings is 1. The molecule has 148 valence electrons. The number of rotatable bonds is 5. The Morgan fingerprint density at radius 3 is 2.54 bits per heavy atom. The lowest BCUT2D eigenvalue weighted by molar-refractivity contribution is -0.135. The molecular formula is C22H24ClFN2O2. The van der Waals surface area contributed by atoms with Crippen molar-refractivity contribution in [2.24, 2.45) is 0 Å². The molecule has 0 bridgehead atoms. The van der Waals surface area contributed by atoms with E-state index in [0.29, 0.717) is 30.4 Å². The standard InChI is InChI=1S/C22H24ClFN2O2/c1-28-20-6-5-19(24)13-16(20)15-25-9-11-26(12-10-25)21(27)22(7-8-22)17-3-2-4-18(23)14-17/h2-6,13-14H,7-12,15H2,1H3. The number of ether oxygens (including phenoxy) is 1. The third-order valence-corrected chi connectivity index (χ3v) is 6.07. The van der Waals surface area contributed by atoms with E-state index in [0.717, 1.165) is 37.1 Å². The summed E-state index contributed by atoms with van der Waals surface area (Å²) in [5.41, 5.74) is 1.47. The zero-order chi connectivity index (χ0) is 19.7. The minimum absolute atomic E-state index is 0.206. The first-order valence-electron chi connectivity index (χ1n) is 9.62. The maximum absolute atomic E-state index is 13.6. The first kappa shape index (κ1) is 19.2. The molecule has 1 aliphatic heterocycles. The minimum Gasteiger partial charge on any atom is -0.496 e. The van der Waals surface area contributed by atoms with Crippen LogP contribution in [0.3, 0.4) is 0 Å². The van der Waals surface area contributed by atoms with Crippen LogP contribution in [0.4, 0.5) is 4.39 Å². The summed E-state index contributed by atoms with van der Waals surface area (Å²) in [7, 11) is 1.60. The molecular weight excluding hydrogens is 379 g/mol. The number of nitrogens with zero attached hydrogens (tertiary/aromatic N) is 2. The molecule has 0 N–H and O–H groups in total. The largest absolute Gasteiger partial charge is 0.496 e. The first-order valence-corrected chi connectivity index (χ1v) is 10.00. The van der Waals surface area contributed by atoms with Gasteiger partial charge in [-0.1, -0.05) is 23.7 Å². The van der Waals surface area contributed by atoms with E-state index in [2.05, 4.69) is 4.90 Å². The zero-order valence-electron chi connectivity index (χ0n) is 16.0. The van der Waals surface area contributed by atoms with Gasteiger partial charge in [-0.05, 0) is 48.7 Å². The van der Waals surface area contributed by atoms with Gasteiger partial charge in [0.25, 0.3) is 0 Å². The number of halogens is 2. The second kappa shape index (κ2) is 7.72. The van der Waals surface area contributed by atoms with Crippen LogP contribution in [0.2, 0.25) is 5.02 Å². The number of carbonyl (C=O) groups is 1. The van der Waals surface area contributed by atoms with Gasteiger partial charge in [-0.25, -0.2) is 4.39 Å². The molecule has 2 aromatic carbocycles. The third kappa shape index (κ3) is 3.74. The summed E-state index contributed by atoms with van der Waals surface area (Å²) < 4.78 is 18.9. The summed E-state index contributed by atoms with van der Waals surface area (Å²) in [5, 5.41) is 0.672. The summed E-state index contributed by atoms with van der Waals surface area (Å²) >= 11 is 6.13. The number of carbonyl (C=O) groups excluding carboxylic acids is 1. The van der Waals surface area contributed by atoms with Crippen LogP contribution in [0.1, 0.15) is 24.0 Å². The van der Waals surface area contributed by atoms with Gasteiger partial charge >= 0.3 is 0 Å². The fourth-order valence-electron chi connectivity index (χ4n) is 4.06. The van der Waals surface area contributed by atoms with Gasteiger partial charge in [0.15, 0.2) is 0 Å². The topological polar surface area (TPSA) is 32.8 Å². The fourth-order valence-corrected chi connectivity index (χ4v) is 4.25. The Morgan fingerprint density at radius 2 is 1.89 bits per heavy atom. The van der Waals surface area contributed by atoms with Crippen LogP contribution < -0.4 is 4.74 Å². The number of hydrogen-bond donors (Lipinski definition) is 0. The van der Waals surface area contributed by atoms with Crippen LogP contribution in [-0.4, -0.2) is 49.0 Å². The highest BCUT2D eigenvalue weighted by molar-refractivity contribution is 6.30. The summed E-state index contributed by atoms with van der Waals surface area (Å²) in [4.78, 5) is 17.4. The van der Waals surface area contributed by atoms with Crippen molar-refractivity contribution in [1.82, 2.24) is 9.80 Å². The van der Waals surface area contributed by atoms with Crippen molar-refractivity contribution in [2.45, 2.75) is 24.8 Å². The Balaban J connectivity index is 1.39. The van der Waals surface area contributed by atoms with Gasteiger partial charge < -0.3 is 9.64 Å². The average molecular weight is 403 g/mol. The van der Waals surface area contributed by atoms with Crippen LogP contribution in [-0.2, 0) is 16.8 Å². The Hall–Kier alpha value is -2.11. The van der Waals surface area contributed by atoms with E-state index in [4.69, 9.17) is 16.3 Å². The van der Waals surface area contributed by atoms with Crippen LogP contribution in [0, 0.1) is 5.82 Å². The monoisotopic (exact) mass is 402 g/mol. The van der Waals surface area contributed by atoms with Gasteiger partial charge in [0, 0.05) is 43.3 Å². The smallest absolute Gasteiger partial charge is 0.233 e. The van der Waals surface area contributed by atoms with Gasteiger partial charge in [0.1, 0.15) is 11.6 Å². The second-order valence-electron chi connectivity index (χ2n) is 7.62. The van der Waals surface area contributed by atoms with E-state index in [1.54, 1.807) is 13.2 Å². The van der Waals surface area contributed by atoms with Gasteiger partial charge in [0.2, 0.25) is 5.91 Å². The second-order valence-corrected chi connectivity index (χ2v) is 8.05. The van der Waals surface area contributed by atoms with Crippen LogP contribution >= 0.6 is 11.6 Å². The van der Waals surface area contributed by atoms with Crippen molar-refractivity contribution >= 4 is 17.5 Å². The minimum atomic E-state index is -0.390. The number of amides is 1. The molecule has 0 spiro atoms. The molecule has 0 unspecified atom stereocenters. The molecule has 2 fully saturated rings. The molecule has 4 nitrogen and oxygen atoms in total. The number of methoxy groups -OCH3 is 1. The van der Waals surface area contributed by atoms with Crippen LogP contribution in [0.15, 0.2) is 42.5 Å². The lowest BCUT2D eigenvalue weighted by Gasteiger charge is -2.37. The highest BCUT2D eigenvalue weighted by Gasteiger charge is 2.53. The quantitative estimate of drug-likeness (QED) is 0.761. The van der Waals surface area contributed by atoms with Crippen LogP contribution in [0.25, 0.3) is 0 Å². The molecule has 28 heavy (non-hydrogen) atoms. The number of hydrogen-bond acceptors (Lipinski definition) is 3. The lowest BCUT2D eigenvalue weighted by atomic mass is 9.94. The van der Waals surface area contributed by atoms with E-state index >= 15 is 0 Å². The van der Waals surface area contributed by atoms with Crippen molar-refractivity contribution in [1.29, 1.82) is 0 Å². The SMILES string of the molecule is COc1ccc(F)cc1CN1CCN(C(=O)C2(c3cccc(Cl)c3)CC2)CC1. The molecule has 0 radical (unpaired) electrons. The molecule has 1 aliphatic carbocycles. The zero-order valence-corrected chi connectivity index (χ0v) is 16.7. The maximum atomic E-state index is 13.6. The highest BCUT2D eigenvalue weighted by atomic mass is 35.5.